The second-order valence-corrected chi connectivity index (χ2v) is 8.72. The lowest BCUT2D eigenvalue weighted by molar-refractivity contribution is 0.566. The molecular weight excluding hydrogens is 362 g/mol. The van der Waals surface area contributed by atoms with E-state index in [4.69, 9.17) is 0 Å². The lowest BCUT2D eigenvalue weighted by Crippen LogP contribution is -2.36. The SMILES string of the molecule is Cc1cc(NS(C)(=O)=O)ccc1NC1CC(c2c[nH]c3ccccc23)NN1. The Morgan fingerprint density at radius 1 is 1.11 bits per heavy atom. The number of hydrogen-bond acceptors (Lipinski definition) is 5. The van der Waals surface area contributed by atoms with Crippen molar-refractivity contribution in [2.45, 2.75) is 25.6 Å². The first-order valence-electron chi connectivity index (χ1n) is 8.81. The minimum atomic E-state index is -3.28. The van der Waals surface area contributed by atoms with Gasteiger partial charge < -0.3 is 10.3 Å². The fourth-order valence-electron chi connectivity index (χ4n) is 3.53. The molecule has 1 aliphatic rings. The average molecular weight is 385 g/mol. The summed E-state index contributed by atoms with van der Waals surface area (Å²) < 4.78 is 25.2. The van der Waals surface area contributed by atoms with Crippen LogP contribution >= 0.6 is 0 Å². The van der Waals surface area contributed by atoms with Gasteiger partial charge in [0.1, 0.15) is 0 Å². The van der Waals surface area contributed by atoms with E-state index in [2.05, 4.69) is 44.2 Å². The van der Waals surface area contributed by atoms with Gasteiger partial charge in [-0.15, -0.1) is 0 Å². The number of H-pyrrole nitrogens is 1. The maximum absolute atomic E-state index is 11.4. The number of sulfonamides is 1. The van der Waals surface area contributed by atoms with Gasteiger partial charge in [-0.2, -0.15) is 0 Å². The third kappa shape index (κ3) is 3.92. The summed E-state index contributed by atoms with van der Waals surface area (Å²) >= 11 is 0. The number of benzene rings is 2. The standard InChI is InChI=1S/C19H23N5O2S/c1-12-9-13(24-27(2,25)26)7-8-16(12)21-19-10-18(22-23-19)15-11-20-17-6-4-3-5-14(15)17/h3-9,11,18-24H,10H2,1-2H3. The summed E-state index contributed by atoms with van der Waals surface area (Å²) in [5, 5.41) is 4.70. The molecule has 5 N–H and O–H groups in total. The molecule has 142 valence electrons. The van der Waals surface area contributed by atoms with E-state index in [1.54, 1.807) is 6.07 Å². The van der Waals surface area contributed by atoms with Gasteiger partial charge in [0.15, 0.2) is 0 Å². The van der Waals surface area contributed by atoms with E-state index < -0.39 is 10.0 Å². The van der Waals surface area contributed by atoms with Gasteiger partial charge in [0.05, 0.1) is 18.5 Å². The van der Waals surface area contributed by atoms with Gasteiger partial charge in [-0.3, -0.25) is 4.72 Å². The number of anilines is 2. The largest absolute Gasteiger partial charge is 0.368 e. The molecule has 27 heavy (non-hydrogen) atoms. The number of aromatic amines is 1. The molecule has 2 aromatic carbocycles. The number of aryl methyl sites for hydroxylation is 1. The number of hydrogen-bond donors (Lipinski definition) is 5. The fraction of sp³-hybridized carbons (Fsp3) is 0.263. The molecule has 0 bridgehead atoms. The van der Waals surface area contributed by atoms with Crippen molar-refractivity contribution in [3.63, 3.8) is 0 Å². The summed E-state index contributed by atoms with van der Waals surface area (Å²) in [6.45, 7) is 1.95. The second-order valence-electron chi connectivity index (χ2n) is 6.97. The van der Waals surface area contributed by atoms with Crippen molar-refractivity contribution in [3.8, 4) is 0 Å². The highest BCUT2D eigenvalue weighted by Gasteiger charge is 2.27. The van der Waals surface area contributed by atoms with Gasteiger partial charge in [-0.25, -0.2) is 19.3 Å². The van der Waals surface area contributed by atoms with Gasteiger partial charge in [0.2, 0.25) is 10.0 Å². The van der Waals surface area contributed by atoms with Crippen LogP contribution in [0.1, 0.15) is 23.6 Å². The lowest BCUT2D eigenvalue weighted by Gasteiger charge is -2.16. The van der Waals surface area contributed by atoms with E-state index in [1.165, 1.54) is 10.9 Å². The minimum Gasteiger partial charge on any atom is -0.368 e. The number of aromatic nitrogens is 1. The Hall–Kier alpha value is -2.55. The van der Waals surface area contributed by atoms with Gasteiger partial charge >= 0.3 is 0 Å². The summed E-state index contributed by atoms with van der Waals surface area (Å²) in [5.41, 5.74) is 11.5. The third-order valence-electron chi connectivity index (χ3n) is 4.76. The van der Waals surface area contributed by atoms with Crippen LogP contribution in [0.15, 0.2) is 48.7 Å². The van der Waals surface area contributed by atoms with Crippen LogP contribution in [0.25, 0.3) is 10.9 Å². The number of para-hydroxylation sites is 1. The number of hydrazine groups is 1. The molecule has 1 saturated heterocycles. The van der Waals surface area contributed by atoms with Crippen LogP contribution in [-0.4, -0.2) is 25.8 Å². The van der Waals surface area contributed by atoms with Gasteiger partial charge in [-0.1, -0.05) is 18.2 Å². The zero-order valence-electron chi connectivity index (χ0n) is 15.2. The van der Waals surface area contributed by atoms with Crippen molar-refractivity contribution in [3.05, 3.63) is 59.8 Å². The Labute approximate surface area is 158 Å². The molecule has 1 aromatic heterocycles. The molecule has 0 aliphatic carbocycles. The van der Waals surface area contributed by atoms with Gasteiger partial charge in [-0.05, 0) is 42.3 Å². The van der Waals surface area contributed by atoms with Crippen molar-refractivity contribution in [1.29, 1.82) is 0 Å². The van der Waals surface area contributed by atoms with E-state index in [0.717, 1.165) is 29.4 Å². The molecule has 3 aromatic rings. The summed E-state index contributed by atoms with van der Waals surface area (Å²) in [5.74, 6) is 0. The maximum Gasteiger partial charge on any atom is 0.229 e. The molecule has 0 saturated carbocycles. The molecular formula is C19H23N5O2S. The fourth-order valence-corrected chi connectivity index (χ4v) is 4.08. The third-order valence-corrected chi connectivity index (χ3v) is 5.37. The Bertz CT molecular complexity index is 1080. The summed E-state index contributed by atoms with van der Waals surface area (Å²) in [6, 6.07) is 14.0. The molecule has 1 aliphatic heterocycles. The quantitative estimate of drug-likeness (QED) is 0.465. The highest BCUT2D eigenvalue weighted by molar-refractivity contribution is 7.92. The highest BCUT2D eigenvalue weighted by Crippen LogP contribution is 2.30. The molecule has 0 amide bonds. The summed E-state index contributed by atoms with van der Waals surface area (Å²) in [6.07, 6.45) is 4.15. The molecule has 8 heteroatoms. The zero-order chi connectivity index (χ0) is 19.0. The summed E-state index contributed by atoms with van der Waals surface area (Å²) in [4.78, 5) is 3.32. The van der Waals surface area contributed by atoms with Crippen molar-refractivity contribution in [2.75, 3.05) is 16.3 Å². The lowest BCUT2D eigenvalue weighted by atomic mass is 10.0. The van der Waals surface area contributed by atoms with Crippen molar-refractivity contribution in [1.82, 2.24) is 15.8 Å². The van der Waals surface area contributed by atoms with Crippen LogP contribution in [0.4, 0.5) is 11.4 Å². The van der Waals surface area contributed by atoms with Crippen LogP contribution in [0.3, 0.4) is 0 Å². The molecule has 1 fully saturated rings. The molecule has 0 spiro atoms. The van der Waals surface area contributed by atoms with E-state index >= 15 is 0 Å². The topological polar surface area (TPSA) is 98.1 Å². The first-order chi connectivity index (χ1) is 12.9. The zero-order valence-corrected chi connectivity index (χ0v) is 16.0. The Kier molecular flexibility index (Phi) is 4.55. The van der Waals surface area contributed by atoms with E-state index in [1.807, 2.05) is 31.2 Å². The normalized spacial score (nSPS) is 20.1. The van der Waals surface area contributed by atoms with Crippen LogP contribution < -0.4 is 20.9 Å². The van der Waals surface area contributed by atoms with Crippen LogP contribution in [0, 0.1) is 6.92 Å². The maximum atomic E-state index is 11.4. The van der Waals surface area contributed by atoms with Crippen molar-refractivity contribution >= 4 is 32.3 Å². The smallest absolute Gasteiger partial charge is 0.229 e. The van der Waals surface area contributed by atoms with Gasteiger partial charge in [0.25, 0.3) is 0 Å². The van der Waals surface area contributed by atoms with Crippen molar-refractivity contribution in [2.24, 2.45) is 0 Å². The van der Waals surface area contributed by atoms with Crippen LogP contribution in [0.5, 0.6) is 0 Å². The van der Waals surface area contributed by atoms with Crippen LogP contribution in [0.2, 0.25) is 0 Å². The number of rotatable bonds is 5. The van der Waals surface area contributed by atoms with E-state index in [-0.39, 0.29) is 12.2 Å². The molecule has 2 heterocycles. The Balaban J connectivity index is 1.45. The second kappa shape index (κ2) is 6.88. The van der Waals surface area contributed by atoms with Gasteiger partial charge in [0, 0.05) is 34.9 Å². The molecule has 2 unspecified atom stereocenters. The molecule has 0 radical (unpaired) electrons. The molecule has 2 atom stereocenters. The van der Waals surface area contributed by atoms with E-state index in [0.29, 0.717) is 5.69 Å². The average Bonchev–Trinajstić information content (AvgIpc) is 3.22. The molecule has 4 rings (SSSR count). The minimum absolute atomic E-state index is 0.0658. The Morgan fingerprint density at radius 2 is 1.93 bits per heavy atom. The first kappa shape index (κ1) is 17.8. The monoisotopic (exact) mass is 385 g/mol. The number of fused-ring (bicyclic) bond motifs is 1. The summed E-state index contributed by atoms with van der Waals surface area (Å²) in [7, 11) is -3.28. The Morgan fingerprint density at radius 3 is 2.70 bits per heavy atom. The first-order valence-corrected chi connectivity index (χ1v) is 10.7. The predicted octanol–water partition coefficient (Wildman–Crippen LogP) is 2.83. The number of nitrogens with one attached hydrogen (secondary N) is 5. The predicted molar refractivity (Wildman–Crippen MR) is 109 cm³/mol. The highest BCUT2D eigenvalue weighted by atomic mass is 32.2. The van der Waals surface area contributed by atoms with E-state index in [9.17, 15) is 8.42 Å². The van der Waals surface area contributed by atoms with Crippen LogP contribution in [-0.2, 0) is 10.0 Å². The van der Waals surface area contributed by atoms with Crippen molar-refractivity contribution < 1.29 is 8.42 Å². The molecule has 7 nitrogen and oxygen atoms in total.